The molecule has 0 aliphatic heterocycles. The highest BCUT2D eigenvalue weighted by molar-refractivity contribution is 7.93. The molecular formula is C19H29F3O4S. The molecule has 0 aromatic heterocycles. The van der Waals surface area contributed by atoms with Crippen molar-refractivity contribution in [3.05, 3.63) is 29.8 Å². The van der Waals surface area contributed by atoms with Crippen LogP contribution in [-0.4, -0.2) is 32.9 Å². The first-order chi connectivity index (χ1) is 12.4. The Hall–Kier alpha value is -1.12. The predicted molar refractivity (Wildman–Crippen MR) is 101 cm³/mol. The van der Waals surface area contributed by atoms with Crippen LogP contribution in [0.3, 0.4) is 0 Å². The zero-order valence-corrected chi connectivity index (χ0v) is 16.9. The molecule has 1 aromatic carbocycles. The van der Waals surface area contributed by atoms with E-state index in [1.54, 1.807) is 0 Å². The zero-order chi connectivity index (χ0) is 20.3. The highest BCUT2D eigenvalue weighted by Crippen LogP contribution is 2.31. The molecule has 0 amide bonds. The second kappa shape index (κ2) is 8.49. The smallest absolute Gasteiger partial charge is 0.390 e. The van der Waals surface area contributed by atoms with Crippen LogP contribution in [0.2, 0.25) is 0 Å². The Morgan fingerprint density at radius 2 is 1.63 bits per heavy atom. The first-order valence-electron chi connectivity index (χ1n) is 9.20. The first kappa shape index (κ1) is 22.2. The number of ether oxygens (including phenoxy) is 1. The predicted octanol–water partition coefficient (Wildman–Crippen LogP) is 5.05. The summed E-state index contributed by atoms with van der Waals surface area (Å²) in [4.78, 5) is 0. The molecule has 156 valence electrons. The van der Waals surface area contributed by atoms with E-state index >= 15 is 0 Å². The molecule has 1 fully saturated rings. The van der Waals surface area contributed by atoms with E-state index in [4.69, 9.17) is 8.92 Å². The molecule has 8 heteroatoms. The van der Waals surface area contributed by atoms with Crippen LogP contribution >= 0.6 is 0 Å². The lowest BCUT2D eigenvalue weighted by molar-refractivity contribution is -0.130. The van der Waals surface area contributed by atoms with E-state index < -0.39 is 41.1 Å². The summed E-state index contributed by atoms with van der Waals surface area (Å²) in [6, 6.07) is 7.62. The number of hydrogen-bond acceptors (Lipinski definition) is 3. The molecule has 1 saturated carbocycles. The molecule has 4 nitrogen and oxygen atoms in total. The van der Waals surface area contributed by atoms with Crippen molar-refractivity contribution in [3.8, 4) is 5.75 Å². The van der Waals surface area contributed by atoms with E-state index in [0.29, 0.717) is 18.6 Å². The number of alkyl halides is 3. The summed E-state index contributed by atoms with van der Waals surface area (Å²) >= 11 is 0. The van der Waals surface area contributed by atoms with Gasteiger partial charge in [-0.2, -0.15) is 13.2 Å². The highest BCUT2D eigenvalue weighted by Gasteiger charge is 2.34. The summed E-state index contributed by atoms with van der Waals surface area (Å²) in [5.74, 6) is -0.313. The summed E-state index contributed by atoms with van der Waals surface area (Å²) in [6.07, 6.45) is -4.19. The lowest BCUT2D eigenvalue weighted by Crippen LogP contribution is -2.41. The van der Waals surface area contributed by atoms with Crippen molar-refractivity contribution in [1.82, 2.24) is 0 Å². The van der Waals surface area contributed by atoms with Crippen molar-refractivity contribution in [1.29, 1.82) is 0 Å². The Morgan fingerprint density at radius 1 is 1.07 bits per heavy atom. The molecule has 1 aliphatic carbocycles. The number of rotatable bonds is 6. The first-order valence-corrected chi connectivity index (χ1v) is 11.0. The summed E-state index contributed by atoms with van der Waals surface area (Å²) in [5.41, 5.74) is 1.16. The molecule has 1 aromatic rings. The van der Waals surface area contributed by atoms with Gasteiger partial charge in [0.25, 0.3) is 0 Å². The molecule has 0 saturated heterocycles. The fourth-order valence-electron chi connectivity index (χ4n) is 3.06. The molecular weight excluding hydrogens is 381 g/mol. The highest BCUT2D eigenvalue weighted by atomic mass is 32.3. The Bertz CT molecular complexity index is 652. The van der Waals surface area contributed by atoms with Crippen LogP contribution < -0.4 is 4.74 Å². The van der Waals surface area contributed by atoms with Gasteiger partial charge >= 0.3 is 6.18 Å². The minimum atomic E-state index is -4.49. The second-order valence-electron chi connectivity index (χ2n) is 8.09. The van der Waals surface area contributed by atoms with E-state index in [-0.39, 0.29) is 5.41 Å². The number of benzene rings is 1. The average Bonchev–Trinajstić information content (AvgIpc) is 2.54. The summed E-state index contributed by atoms with van der Waals surface area (Å²) in [5, 5.41) is 0. The van der Waals surface area contributed by atoms with Crippen molar-refractivity contribution >= 4 is 10.5 Å². The monoisotopic (exact) mass is 410 g/mol. The Balaban J connectivity index is 2.01. The number of halogens is 3. The SMILES string of the molecule is CC(C)(C)c1ccc(O[C@H]2CCCC[C@@H]2O[SH](=O)(O)CCC(F)(F)F)cc1. The lowest BCUT2D eigenvalue weighted by Gasteiger charge is -2.34. The lowest BCUT2D eigenvalue weighted by atomic mass is 9.87. The van der Waals surface area contributed by atoms with E-state index in [0.717, 1.165) is 18.4 Å². The maximum absolute atomic E-state index is 12.3. The van der Waals surface area contributed by atoms with Gasteiger partial charge in [-0.1, -0.05) is 39.3 Å². The molecule has 0 radical (unpaired) electrons. The van der Waals surface area contributed by atoms with E-state index in [9.17, 15) is 21.9 Å². The molecule has 0 bridgehead atoms. The van der Waals surface area contributed by atoms with Gasteiger partial charge in [0.2, 0.25) is 0 Å². The van der Waals surface area contributed by atoms with Crippen LogP contribution in [0.25, 0.3) is 0 Å². The molecule has 0 heterocycles. The zero-order valence-electron chi connectivity index (χ0n) is 16.0. The molecule has 1 N–H and O–H groups in total. The van der Waals surface area contributed by atoms with Crippen molar-refractivity contribution in [3.63, 3.8) is 0 Å². The maximum Gasteiger partial charge on any atom is 0.390 e. The topological polar surface area (TPSA) is 55.8 Å². The maximum atomic E-state index is 12.3. The number of thiol groups is 1. The fourth-order valence-corrected chi connectivity index (χ4v) is 4.36. The molecule has 2 rings (SSSR count). The second-order valence-corrected chi connectivity index (χ2v) is 10.0. The van der Waals surface area contributed by atoms with Crippen LogP contribution in [0.1, 0.15) is 58.4 Å². The van der Waals surface area contributed by atoms with Crippen LogP contribution in [0.5, 0.6) is 5.75 Å². The quantitative estimate of drug-likeness (QED) is 0.645. The van der Waals surface area contributed by atoms with Gasteiger partial charge < -0.3 is 9.29 Å². The van der Waals surface area contributed by atoms with Crippen LogP contribution in [-0.2, 0) is 20.1 Å². The summed E-state index contributed by atoms with van der Waals surface area (Å²) in [7, 11) is -4.33. The van der Waals surface area contributed by atoms with Crippen LogP contribution in [0.15, 0.2) is 24.3 Å². The normalized spacial score (nSPS) is 22.5. The largest absolute Gasteiger partial charge is 0.488 e. The van der Waals surface area contributed by atoms with Gasteiger partial charge in [-0.25, -0.2) is 4.21 Å². The third-order valence-electron chi connectivity index (χ3n) is 4.63. The van der Waals surface area contributed by atoms with Gasteiger partial charge in [-0.05, 0) is 42.4 Å². The van der Waals surface area contributed by atoms with E-state index in [1.165, 1.54) is 0 Å². The van der Waals surface area contributed by atoms with Gasteiger partial charge in [0.05, 0.1) is 22.7 Å². The molecule has 0 unspecified atom stereocenters. The Kier molecular flexibility index (Phi) is 6.97. The fraction of sp³-hybridized carbons (Fsp3) is 0.684. The van der Waals surface area contributed by atoms with Gasteiger partial charge in [-0.3, -0.25) is 4.18 Å². The standard InChI is InChI=1S/C19H29F3O4S/c1-18(2,3)14-8-10-15(11-9-14)25-16-6-4-5-7-17(16)26-27(23,24)13-12-19(20,21)22/h8-11,16-17,27H,4-7,12-13H2,1-3H3,(H,23,24)/t16-,17-/m0/s1. The van der Waals surface area contributed by atoms with Crippen molar-refractivity contribution < 1.29 is 30.9 Å². The molecule has 1 aliphatic rings. The van der Waals surface area contributed by atoms with Crippen molar-refractivity contribution in [2.24, 2.45) is 0 Å². The third kappa shape index (κ3) is 7.43. The number of hydrogen-bond donors (Lipinski definition) is 2. The summed E-state index contributed by atoms with van der Waals surface area (Å²) in [6.45, 7) is 6.31. The van der Waals surface area contributed by atoms with Crippen LogP contribution in [0.4, 0.5) is 13.2 Å². The van der Waals surface area contributed by atoms with Gasteiger partial charge in [0.1, 0.15) is 18.0 Å². The van der Waals surface area contributed by atoms with Gasteiger partial charge in [0.15, 0.2) is 0 Å². The third-order valence-corrected chi connectivity index (χ3v) is 6.02. The van der Waals surface area contributed by atoms with E-state index in [2.05, 4.69) is 20.8 Å². The molecule has 0 spiro atoms. The minimum Gasteiger partial charge on any atom is -0.488 e. The average molecular weight is 410 g/mol. The van der Waals surface area contributed by atoms with E-state index in [1.807, 2.05) is 24.3 Å². The Labute approximate surface area is 159 Å². The molecule has 27 heavy (non-hydrogen) atoms. The van der Waals surface area contributed by atoms with Crippen LogP contribution in [0, 0.1) is 0 Å². The van der Waals surface area contributed by atoms with Gasteiger partial charge in [0, 0.05) is 0 Å². The van der Waals surface area contributed by atoms with Crippen molar-refractivity contribution in [2.75, 3.05) is 5.75 Å². The van der Waals surface area contributed by atoms with Crippen molar-refractivity contribution in [2.45, 2.75) is 76.7 Å². The summed E-state index contributed by atoms with van der Waals surface area (Å²) < 4.78 is 70.0. The molecule has 2 atom stereocenters. The minimum absolute atomic E-state index is 0.0109. The Morgan fingerprint density at radius 3 is 2.15 bits per heavy atom. The van der Waals surface area contributed by atoms with Gasteiger partial charge in [-0.15, -0.1) is 0 Å².